The Bertz CT molecular complexity index is 377. The number of benzene rings is 1. The van der Waals surface area contributed by atoms with Gasteiger partial charge in [0.1, 0.15) is 0 Å². The van der Waals surface area contributed by atoms with Crippen LogP contribution in [0.1, 0.15) is 45.1 Å². The van der Waals surface area contributed by atoms with Gasteiger partial charge in [-0.15, -0.1) is 0 Å². The number of carbonyl (C=O) groups excluding carboxylic acids is 1. The zero-order valence-electron chi connectivity index (χ0n) is 12.2. The molecule has 0 heterocycles. The molecule has 0 atom stereocenters. The van der Waals surface area contributed by atoms with Gasteiger partial charge in [0.2, 0.25) is 5.91 Å². The van der Waals surface area contributed by atoms with Crippen molar-refractivity contribution in [1.82, 2.24) is 5.32 Å². The maximum absolute atomic E-state index is 11.6. The molecule has 19 heavy (non-hydrogen) atoms. The standard InChI is InChI=1S/C16H26N2O/c1-3-5-8-12-18-16(19)11-13-17-15-10-7-6-9-14(15)4-2/h6-7,9-10,17H,3-5,8,11-13H2,1-2H3,(H,18,19). The molecule has 0 bridgehead atoms. The molecule has 1 amide bonds. The summed E-state index contributed by atoms with van der Waals surface area (Å²) in [6.07, 6.45) is 4.98. The van der Waals surface area contributed by atoms with Gasteiger partial charge in [0.25, 0.3) is 0 Å². The van der Waals surface area contributed by atoms with E-state index in [0.29, 0.717) is 13.0 Å². The summed E-state index contributed by atoms with van der Waals surface area (Å²) in [7, 11) is 0. The van der Waals surface area contributed by atoms with Crippen LogP contribution in [0.15, 0.2) is 24.3 Å². The molecular weight excluding hydrogens is 236 g/mol. The summed E-state index contributed by atoms with van der Waals surface area (Å²) in [5.41, 5.74) is 2.44. The van der Waals surface area contributed by atoms with Gasteiger partial charge in [0.15, 0.2) is 0 Å². The number of carbonyl (C=O) groups is 1. The lowest BCUT2D eigenvalue weighted by Crippen LogP contribution is -2.26. The van der Waals surface area contributed by atoms with Gasteiger partial charge >= 0.3 is 0 Å². The van der Waals surface area contributed by atoms with E-state index in [1.807, 2.05) is 12.1 Å². The highest BCUT2D eigenvalue weighted by Gasteiger charge is 2.02. The first-order chi connectivity index (χ1) is 9.27. The van der Waals surface area contributed by atoms with Crippen LogP contribution < -0.4 is 10.6 Å². The third-order valence-corrected chi connectivity index (χ3v) is 3.17. The fraction of sp³-hybridized carbons (Fsp3) is 0.562. The molecule has 0 unspecified atom stereocenters. The van der Waals surface area contributed by atoms with E-state index in [2.05, 4.69) is 36.6 Å². The Morgan fingerprint density at radius 1 is 1.11 bits per heavy atom. The van der Waals surface area contributed by atoms with Gasteiger partial charge in [-0.05, 0) is 24.5 Å². The molecule has 0 aliphatic heterocycles. The van der Waals surface area contributed by atoms with E-state index in [1.54, 1.807) is 0 Å². The highest BCUT2D eigenvalue weighted by atomic mass is 16.1. The average Bonchev–Trinajstić information content (AvgIpc) is 2.44. The number of hydrogen-bond donors (Lipinski definition) is 2. The number of aryl methyl sites for hydroxylation is 1. The molecule has 1 rings (SSSR count). The number of anilines is 1. The molecule has 2 N–H and O–H groups in total. The van der Waals surface area contributed by atoms with Gasteiger partial charge in [0.05, 0.1) is 0 Å². The van der Waals surface area contributed by atoms with Gasteiger partial charge in [-0.25, -0.2) is 0 Å². The lowest BCUT2D eigenvalue weighted by atomic mass is 10.1. The normalized spacial score (nSPS) is 10.2. The van der Waals surface area contributed by atoms with E-state index in [-0.39, 0.29) is 5.91 Å². The second-order valence-electron chi connectivity index (χ2n) is 4.74. The highest BCUT2D eigenvalue weighted by molar-refractivity contribution is 5.76. The Balaban J connectivity index is 2.20. The quantitative estimate of drug-likeness (QED) is 0.670. The van der Waals surface area contributed by atoms with E-state index < -0.39 is 0 Å². The Morgan fingerprint density at radius 3 is 2.63 bits per heavy atom. The summed E-state index contributed by atoms with van der Waals surface area (Å²) in [6, 6.07) is 8.25. The molecular formula is C16H26N2O. The second kappa shape index (κ2) is 9.42. The molecule has 3 nitrogen and oxygen atoms in total. The SMILES string of the molecule is CCCCCNC(=O)CCNc1ccccc1CC. The minimum Gasteiger partial charge on any atom is -0.384 e. The van der Waals surface area contributed by atoms with E-state index in [1.165, 1.54) is 18.4 Å². The van der Waals surface area contributed by atoms with Crippen molar-refractivity contribution in [3.8, 4) is 0 Å². The zero-order valence-corrected chi connectivity index (χ0v) is 12.2. The predicted octanol–water partition coefficient (Wildman–Crippen LogP) is 3.36. The highest BCUT2D eigenvalue weighted by Crippen LogP contribution is 2.14. The summed E-state index contributed by atoms with van der Waals surface area (Å²) in [6.45, 7) is 5.80. The van der Waals surface area contributed by atoms with E-state index in [0.717, 1.165) is 25.1 Å². The van der Waals surface area contributed by atoms with Crippen LogP contribution in [0, 0.1) is 0 Å². The van der Waals surface area contributed by atoms with Crippen molar-refractivity contribution in [1.29, 1.82) is 0 Å². The molecule has 0 saturated carbocycles. The number of rotatable bonds is 9. The molecule has 0 saturated heterocycles. The summed E-state index contributed by atoms with van der Waals surface area (Å²) in [5, 5.41) is 6.29. The number of unbranched alkanes of at least 4 members (excludes halogenated alkanes) is 2. The van der Waals surface area contributed by atoms with Crippen LogP contribution in [0.5, 0.6) is 0 Å². The minimum absolute atomic E-state index is 0.137. The largest absolute Gasteiger partial charge is 0.384 e. The lowest BCUT2D eigenvalue weighted by molar-refractivity contribution is -0.120. The second-order valence-corrected chi connectivity index (χ2v) is 4.74. The van der Waals surface area contributed by atoms with Gasteiger partial charge in [0, 0.05) is 25.2 Å². The first-order valence-electron chi connectivity index (χ1n) is 7.36. The first kappa shape index (κ1) is 15.5. The Labute approximate surface area is 116 Å². The molecule has 0 fully saturated rings. The van der Waals surface area contributed by atoms with Gasteiger partial charge in [-0.3, -0.25) is 4.79 Å². The molecule has 0 aliphatic rings. The maximum Gasteiger partial charge on any atom is 0.221 e. The molecule has 0 aliphatic carbocycles. The van der Waals surface area contributed by atoms with Crippen LogP contribution >= 0.6 is 0 Å². The molecule has 3 heteroatoms. The third kappa shape index (κ3) is 6.27. The van der Waals surface area contributed by atoms with Crippen molar-refractivity contribution >= 4 is 11.6 Å². The van der Waals surface area contributed by atoms with Crippen LogP contribution in [-0.4, -0.2) is 19.0 Å². The summed E-state index contributed by atoms with van der Waals surface area (Å²) >= 11 is 0. The van der Waals surface area contributed by atoms with Crippen LogP contribution in [0.25, 0.3) is 0 Å². The number of para-hydroxylation sites is 1. The van der Waals surface area contributed by atoms with Gasteiger partial charge in [-0.1, -0.05) is 44.9 Å². The lowest BCUT2D eigenvalue weighted by Gasteiger charge is -2.10. The number of hydrogen-bond acceptors (Lipinski definition) is 2. The van der Waals surface area contributed by atoms with Gasteiger partial charge < -0.3 is 10.6 Å². The predicted molar refractivity (Wildman–Crippen MR) is 81.5 cm³/mol. The smallest absolute Gasteiger partial charge is 0.221 e. The zero-order chi connectivity index (χ0) is 13.9. The van der Waals surface area contributed by atoms with Crippen LogP contribution in [0.4, 0.5) is 5.69 Å². The van der Waals surface area contributed by atoms with E-state index >= 15 is 0 Å². The summed E-state index contributed by atoms with van der Waals surface area (Å²) < 4.78 is 0. The van der Waals surface area contributed by atoms with E-state index in [9.17, 15) is 4.79 Å². The van der Waals surface area contributed by atoms with Crippen LogP contribution in [-0.2, 0) is 11.2 Å². The fourth-order valence-electron chi connectivity index (χ4n) is 2.00. The maximum atomic E-state index is 11.6. The Morgan fingerprint density at radius 2 is 1.89 bits per heavy atom. The molecule has 0 radical (unpaired) electrons. The number of nitrogens with one attached hydrogen (secondary N) is 2. The van der Waals surface area contributed by atoms with Crippen molar-refractivity contribution in [2.24, 2.45) is 0 Å². The van der Waals surface area contributed by atoms with E-state index in [4.69, 9.17) is 0 Å². The topological polar surface area (TPSA) is 41.1 Å². The Kier molecular flexibility index (Phi) is 7.71. The minimum atomic E-state index is 0.137. The molecule has 1 aromatic carbocycles. The van der Waals surface area contributed by atoms with Crippen molar-refractivity contribution in [2.45, 2.75) is 46.0 Å². The van der Waals surface area contributed by atoms with Crippen molar-refractivity contribution in [3.63, 3.8) is 0 Å². The average molecular weight is 262 g/mol. The molecule has 1 aromatic rings. The fourth-order valence-corrected chi connectivity index (χ4v) is 2.00. The summed E-state index contributed by atoms with van der Waals surface area (Å²) in [5.74, 6) is 0.137. The Hall–Kier alpha value is -1.51. The molecule has 0 spiro atoms. The van der Waals surface area contributed by atoms with Crippen LogP contribution in [0.3, 0.4) is 0 Å². The van der Waals surface area contributed by atoms with Crippen LogP contribution in [0.2, 0.25) is 0 Å². The summed E-state index contributed by atoms with van der Waals surface area (Å²) in [4.78, 5) is 11.6. The first-order valence-corrected chi connectivity index (χ1v) is 7.36. The number of amides is 1. The van der Waals surface area contributed by atoms with Crippen molar-refractivity contribution in [3.05, 3.63) is 29.8 Å². The van der Waals surface area contributed by atoms with Crippen molar-refractivity contribution in [2.75, 3.05) is 18.4 Å². The third-order valence-electron chi connectivity index (χ3n) is 3.17. The van der Waals surface area contributed by atoms with Crippen molar-refractivity contribution < 1.29 is 4.79 Å². The monoisotopic (exact) mass is 262 g/mol. The van der Waals surface area contributed by atoms with Gasteiger partial charge in [-0.2, -0.15) is 0 Å². The molecule has 106 valence electrons. The molecule has 0 aromatic heterocycles.